The van der Waals surface area contributed by atoms with Crippen molar-refractivity contribution in [3.8, 4) is 6.07 Å². The number of benzene rings is 1. The highest BCUT2D eigenvalue weighted by Gasteiger charge is 2.27. The van der Waals surface area contributed by atoms with Gasteiger partial charge in [-0.2, -0.15) is 5.26 Å². The first-order valence-electron chi connectivity index (χ1n) is 6.03. The summed E-state index contributed by atoms with van der Waals surface area (Å²) in [4.78, 5) is 13.8. The lowest BCUT2D eigenvalue weighted by Crippen LogP contribution is -2.42. The van der Waals surface area contributed by atoms with E-state index in [0.29, 0.717) is 18.5 Å². The Hall–Kier alpha value is -2.02. The van der Waals surface area contributed by atoms with E-state index < -0.39 is 0 Å². The number of anilines is 2. The Labute approximate surface area is 107 Å². The molecule has 0 atom stereocenters. The molecule has 4 heteroatoms. The second-order valence-corrected chi connectivity index (χ2v) is 5.46. The summed E-state index contributed by atoms with van der Waals surface area (Å²) in [5.41, 5.74) is 2.23. The van der Waals surface area contributed by atoms with Gasteiger partial charge in [0.2, 0.25) is 5.91 Å². The Kier molecular flexibility index (Phi) is 3.00. The van der Waals surface area contributed by atoms with E-state index in [1.807, 2.05) is 6.07 Å². The lowest BCUT2D eigenvalue weighted by atomic mass is 10.0. The normalized spacial score (nSPS) is 15.4. The summed E-state index contributed by atoms with van der Waals surface area (Å²) < 4.78 is 0. The van der Waals surface area contributed by atoms with E-state index >= 15 is 0 Å². The third kappa shape index (κ3) is 2.30. The second-order valence-electron chi connectivity index (χ2n) is 5.46. The molecule has 1 aliphatic rings. The molecule has 0 saturated carbocycles. The lowest BCUT2D eigenvalue weighted by molar-refractivity contribution is -0.116. The van der Waals surface area contributed by atoms with Gasteiger partial charge in [0.15, 0.2) is 0 Å². The largest absolute Gasteiger partial charge is 0.364 e. The van der Waals surface area contributed by atoms with Crippen LogP contribution in [0.15, 0.2) is 18.2 Å². The van der Waals surface area contributed by atoms with E-state index in [1.54, 1.807) is 12.1 Å². The summed E-state index contributed by atoms with van der Waals surface area (Å²) in [5.74, 6) is 0.0210. The van der Waals surface area contributed by atoms with Crippen LogP contribution in [-0.4, -0.2) is 18.0 Å². The minimum atomic E-state index is -0.0882. The van der Waals surface area contributed by atoms with E-state index in [0.717, 1.165) is 11.4 Å². The first-order chi connectivity index (χ1) is 8.41. The first-order valence-corrected chi connectivity index (χ1v) is 6.03. The van der Waals surface area contributed by atoms with Gasteiger partial charge in [-0.15, -0.1) is 0 Å². The van der Waals surface area contributed by atoms with Crippen molar-refractivity contribution in [3.05, 3.63) is 23.8 Å². The van der Waals surface area contributed by atoms with Crippen LogP contribution in [0.4, 0.5) is 11.4 Å². The Morgan fingerprint density at radius 1 is 1.39 bits per heavy atom. The molecule has 4 nitrogen and oxygen atoms in total. The minimum absolute atomic E-state index is 0.0210. The molecule has 1 aromatic rings. The predicted molar refractivity (Wildman–Crippen MR) is 71.5 cm³/mol. The van der Waals surface area contributed by atoms with E-state index in [2.05, 4.69) is 37.1 Å². The fourth-order valence-corrected chi connectivity index (χ4v) is 2.17. The third-order valence-corrected chi connectivity index (χ3v) is 3.06. The molecule has 1 aliphatic heterocycles. The van der Waals surface area contributed by atoms with Crippen LogP contribution in [0.2, 0.25) is 0 Å². The van der Waals surface area contributed by atoms with Crippen molar-refractivity contribution in [1.29, 1.82) is 5.26 Å². The average molecular weight is 243 g/mol. The number of carbonyl (C=O) groups excluding carboxylic acids is 1. The van der Waals surface area contributed by atoms with Crippen molar-refractivity contribution in [2.75, 3.05) is 16.8 Å². The molecule has 94 valence electrons. The van der Waals surface area contributed by atoms with Gasteiger partial charge in [-0.3, -0.25) is 4.79 Å². The molecule has 1 amide bonds. The van der Waals surface area contributed by atoms with E-state index in [-0.39, 0.29) is 11.4 Å². The molecule has 0 aliphatic carbocycles. The van der Waals surface area contributed by atoms with Crippen molar-refractivity contribution < 1.29 is 4.79 Å². The molecule has 0 spiro atoms. The van der Waals surface area contributed by atoms with Crippen molar-refractivity contribution >= 4 is 17.3 Å². The van der Waals surface area contributed by atoms with Crippen LogP contribution < -0.4 is 10.2 Å². The summed E-state index contributed by atoms with van der Waals surface area (Å²) in [7, 11) is 0. The average Bonchev–Trinajstić information content (AvgIpc) is 2.45. The Balaban J connectivity index is 2.55. The third-order valence-electron chi connectivity index (χ3n) is 3.06. The van der Waals surface area contributed by atoms with Gasteiger partial charge < -0.3 is 10.2 Å². The number of carbonyl (C=O) groups is 1. The van der Waals surface area contributed by atoms with Crippen LogP contribution >= 0.6 is 0 Å². The molecule has 0 unspecified atom stereocenters. The van der Waals surface area contributed by atoms with Crippen LogP contribution in [0.25, 0.3) is 0 Å². The highest BCUT2D eigenvalue weighted by atomic mass is 16.1. The van der Waals surface area contributed by atoms with Crippen molar-refractivity contribution in [2.24, 2.45) is 0 Å². The van der Waals surface area contributed by atoms with Crippen LogP contribution in [0.1, 0.15) is 32.8 Å². The van der Waals surface area contributed by atoms with Gasteiger partial charge >= 0.3 is 0 Å². The Bertz CT molecular complexity index is 523. The standard InChI is InChI=1S/C14H17N3O/c1-14(2,3)17-7-6-13(18)16-11-5-4-10(9-15)8-12(11)17/h4-5,8H,6-7H2,1-3H3,(H,16,18). The number of rotatable bonds is 0. The smallest absolute Gasteiger partial charge is 0.226 e. The number of hydrogen-bond donors (Lipinski definition) is 1. The minimum Gasteiger partial charge on any atom is -0.364 e. The zero-order valence-corrected chi connectivity index (χ0v) is 10.9. The van der Waals surface area contributed by atoms with Gasteiger partial charge in [-0.05, 0) is 39.0 Å². The fraction of sp³-hybridized carbons (Fsp3) is 0.429. The molecule has 1 aromatic carbocycles. The molecule has 0 bridgehead atoms. The number of nitrogens with one attached hydrogen (secondary N) is 1. The van der Waals surface area contributed by atoms with Gasteiger partial charge in [0, 0.05) is 18.5 Å². The molecule has 18 heavy (non-hydrogen) atoms. The molecule has 0 radical (unpaired) electrons. The summed E-state index contributed by atoms with van der Waals surface area (Å²) in [6.07, 6.45) is 0.466. The van der Waals surface area contributed by atoms with E-state index in [4.69, 9.17) is 5.26 Å². The van der Waals surface area contributed by atoms with Gasteiger partial charge in [0.1, 0.15) is 0 Å². The molecular formula is C14H17N3O. The molecule has 0 aromatic heterocycles. The summed E-state index contributed by atoms with van der Waals surface area (Å²) >= 11 is 0. The fourth-order valence-electron chi connectivity index (χ4n) is 2.17. The topological polar surface area (TPSA) is 56.1 Å². The van der Waals surface area contributed by atoms with Crippen molar-refractivity contribution in [3.63, 3.8) is 0 Å². The zero-order valence-electron chi connectivity index (χ0n) is 10.9. The summed E-state index contributed by atoms with van der Waals surface area (Å²) in [6, 6.07) is 7.51. The van der Waals surface area contributed by atoms with Crippen molar-refractivity contribution in [1.82, 2.24) is 0 Å². The molecule has 2 rings (SSSR count). The lowest BCUT2D eigenvalue weighted by Gasteiger charge is -2.37. The summed E-state index contributed by atoms with van der Waals surface area (Å²) in [6.45, 7) is 6.97. The highest BCUT2D eigenvalue weighted by Crippen LogP contribution is 2.34. The van der Waals surface area contributed by atoms with Gasteiger partial charge in [0.05, 0.1) is 23.0 Å². The first kappa shape index (κ1) is 12.4. The monoisotopic (exact) mass is 243 g/mol. The van der Waals surface area contributed by atoms with Crippen molar-refractivity contribution in [2.45, 2.75) is 32.7 Å². The van der Waals surface area contributed by atoms with Crippen LogP contribution in [0, 0.1) is 11.3 Å². The molecule has 1 heterocycles. The quantitative estimate of drug-likeness (QED) is 0.761. The second kappa shape index (κ2) is 4.34. The molecule has 0 saturated heterocycles. The van der Waals surface area contributed by atoms with E-state index in [1.165, 1.54) is 0 Å². The van der Waals surface area contributed by atoms with Gasteiger partial charge in [-0.25, -0.2) is 0 Å². The maximum atomic E-state index is 11.7. The SMILES string of the molecule is CC(C)(C)N1CCC(=O)Nc2ccc(C#N)cc21. The number of fused-ring (bicyclic) bond motifs is 1. The van der Waals surface area contributed by atoms with Crippen LogP contribution in [0.5, 0.6) is 0 Å². The highest BCUT2D eigenvalue weighted by molar-refractivity contribution is 5.96. The maximum absolute atomic E-state index is 11.7. The van der Waals surface area contributed by atoms with Gasteiger partial charge in [-0.1, -0.05) is 0 Å². The number of nitrogens with zero attached hydrogens (tertiary/aromatic N) is 2. The number of nitriles is 1. The molecular weight excluding hydrogens is 226 g/mol. The number of amides is 1. The van der Waals surface area contributed by atoms with Crippen LogP contribution in [0.3, 0.4) is 0 Å². The molecule has 1 N–H and O–H groups in total. The number of hydrogen-bond acceptors (Lipinski definition) is 3. The zero-order chi connectivity index (χ0) is 13.3. The summed E-state index contributed by atoms with van der Waals surface area (Å²) in [5, 5.41) is 11.9. The molecule has 0 fully saturated rings. The Morgan fingerprint density at radius 3 is 2.72 bits per heavy atom. The van der Waals surface area contributed by atoms with Gasteiger partial charge in [0.25, 0.3) is 0 Å². The van der Waals surface area contributed by atoms with E-state index in [9.17, 15) is 4.79 Å². The van der Waals surface area contributed by atoms with Crippen LogP contribution in [-0.2, 0) is 4.79 Å². The predicted octanol–water partition coefficient (Wildman–Crippen LogP) is 2.51. The Morgan fingerprint density at radius 2 is 2.11 bits per heavy atom. The maximum Gasteiger partial charge on any atom is 0.226 e.